The number of phenols is 1. The van der Waals surface area contributed by atoms with Crippen molar-refractivity contribution >= 4 is 19.6 Å². The van der Waals surface area contributed by atoms with Crippen LogP contribution in [-0.2, 0) is 0 Å². The Morgan fingerprint density at radius 3 is 2.73 bits per heavy atom. The number of hydrogen-bond acceptors (Lipinski definition) is 3. The van der Waals surface area contributed by atoms with E-state index >= 15 is 0 Å². The molecular formula is C7H6N2OSe. The molecule has 56 valence electrons. The van der Waals surface area contributed by atoms with Crippen LogP contribution in [0.4, 0.5) is 0 Å². The predicted octanol–water partition coefficient (Wildman–Crippen LogP) is -0.533. The fraction of sp³-hybridized carbons (Fsp3) is 0. The monoisotopic (exact) mass is 214 g/mol. The Hall–Kier alpha value is -1.01. The zero-order valence-electron chi connectivity index (χ0n) is 5.61. The number of phenolic OH excluding ortho intramolecular Hbond substituents is 1. The van der Waals surface area contributed by atoms with Gasteiger partial charge in [-0.05, 0) is 0 Å². The fourth-order valence-electron chi connectivity index (χ4n) is 0.730. The first-order valence-corrected chi connectivity index (χ1v) is 4.73. The fourth-order valence-corrected chi connectivity index (χ4v) is 1.62. The molecule has 1 rings (SSSR count). The van der Waals surface area contributed by atoms with Crippen molar-refractivity contribution < 1.29 is 5.11 Å². The Bertz CT molecular complexity index is 306. The third-order valence-corrected chi connectivity index (χ3v) is 2.49. The van der Waals surface area contributed by atoms with E-state index in [4.69, 9.17) is 15.1 Å². The molecule has 11 heavy (non-hydrogen) atoms. The molecule has 0 aliphatic rings. The molecule has 0 saturated heterocycles. The Labute approximate surface area is 70.8 Å². The summed E-state index contributed by atoms with van der Waals surface area (Å²) in [6.07, 6.45) is 0. The van der Waals surface area contributed by atoms with E-state index in [-0.39, 0.29) is 20.9 Å². The second-order valence-corrected chi connectivity index (χ2v) is 3.30. The number of hydrogen-bond donors (Lipinski definition) is 2. The van der Waals surface area contributed by atoms with Gasteiger partial charge in [0, 0.05) is 0 Å². The van der Waals surface area contributed by atoms with Gasteiger partial charge in [0.2, 0.25) is 0 Å². The molecule has 0 saturated carbocycles. The molecule has 0 radical (unpaired) electrons. The van der Waals surface area contributed by atoms with Crippen molar-refractivity contribution in [2.75, 3.05) is 0 Å². The van der Waals surface area contributed by atoms with Gasteiger partial charge in [-0.2, -0.15) is 0 Å². The van der Waals surface area contributed by atoms with Crippen molar-refractivity contribution in [1.82, 2.24) is 0 Å². The van der Waals surface area contributed by atoms with Crippen molar-refractivity contribution in [3.05, 3.63) is 23.8 Å². The number of nitrogens with two attached hydrogens (primary N) is 1. The molecule has 0 fully saturated rings. The molecule has 3 N–H and O–H groups in total. The molecule has 3 nitrogen and oxygen atoms in total. The molecule has 0 aliphatic heterocycles. The van der Waals surface area contributed by atoms with Crippen LogP contribution in [0.5, 0.6) is 5.75 Å². The molecule has 0 aliphatic carbocycles. The van der Waals surface area contributed by atoms with E-state index in [1.165, 1.54) is 6.07 Å². The molecule has 1 aromatic carbocycles. The Morgan fingerprint density at radius 1 is 1.55 bits per heavy atom. The van der Waals surface area contributed by atoms with Crippen LogP contribution < -0.4 is 9.21 Å². The van der Waals surface area contributed by atoms with Crippen LogP contribution in [-0.4, -0.2) is 20.3 Å². The summed E-state index contributed by atoms with van der Waals surface area (Å²) in [6.45, 7) is 0. The number of benzene rings is 1. The van der Waals surface area contributed by atoms with Gasteiger partial charge in [-0.15, -0.1) is 0 Å². The molecule has 0 unspecified atom stereocenters. The van der Waals surface area contributed by atoms with Crippen molar-refractivity contribution in [3.63, 3.8) is 0 Å². The molecule has 1 aromatic rings. The van der Waals surface area contributed by atoms with Crippen LogP contribution in [0.1, 0.15) is 5.56 Å². The molecule has 0 spiro atoms. The van der Waals surface area contributed by atoms with E-state index in [0.29, 0.717) is 5.56 Å². The van der Waals surface area contributed by atoms with E-state index in [2.05, 4.69) is 0 Å². The summed E-state index contributed by atoms with van der Waals surface area (Å²) in [5.74, 6) is 0.0114. The Morgan fingerprint density at radius 2 is 2.27 bits per heavy atom. The SMILES string of the molecule is N#Cc1c(O)cccc1[Se]N. The first kappa shape index (κ1) is 8.09. The van der Waals surface area contributed by atoms with Gasteiger partial charge >= 0.3 is 70.3 Å². The van der Waals surface area contributed by atoms with Gasteiger partial charge in [-0.1, -0.05) is 0 Å². The van der Waals surface area contributed by atoms with Gasteiger partial charge < -0.3 is 0 Å². The number of nitriles is 1. The number of aromatic hydroxyl groups is 1. The van der Waals surface area contributed by atoms with Gasteiger partial charge in [-0.25, -0.2) is 0 Å². The molecule has 0 heterocycles. The Kier molecular flexibility index (Phi) is 2.50. The van der Waals surface area contributed by atoms with Crippen LogP contribution in [0.3, 0.4) is 0 Å². The number of rotatable bonds is 1. The third-order valence-electron chi connectivity index (χ3n) is 1.24. The topological polar surface area (TPSA) is 70.0 Å². The second-order valence-electron chi connectivity index (χ2n) is 1.88. The summed E-state index contributed by atoms with van der Waals surface area (Å²) in [5.41, 5.74) is 0.301. The van der Waals surface area contributed by atoms with Crippen molar-refractivity contribution in [3.8, 4) is 11.8 Å². The van der Waals surface area contributed by atoms with E-state index < -0.39 is 0 Å². The van der Waals surface area contributed by atoms with Gasteiger partial charge in [0.1, 0.15) is 0 Å². The molecule has 0 amide bonds. The Balaban J connectivity index is 3.27. The van der Waals surface area contributed by atoms with Crippen LogP contribution in [0.15, 0.2) is 18.2 Å². The summed E-state index contributed by atoms with van der Waals surface area (Å²) in [6, 6.07) is 6.81. The van der Waals surface area contributed by atoms with Gasteiger partial charge in [0.25, 0.3) is 0 Å². The second kappa shape index (κ2) is 3.40. The van der Waals surface area contributed by atoms with Crippen molar-refractivity contribution in [2.45, 2.75) is 0 Å². The maximum atomic E-state index is 9.15. The molecule has 0 aromatic heterocycles. The van der Waals surface area contributed by atoms with Crippen molar-refractivity contribution in [1.29, 1.82) is 5.26 Å². The standard InChI is InChI=1S/C7H6N2OSe/c8-4-5-6(10)2-1-3-7(5)11-9/h1-3,10H,9H2. The van der Waals surface area contributed by atoms with Crippen LogP contribution >= 0.6 is 0 Å². The zero-order valence-corrected chi connectivity index (χ0v) is 7.33. The van der Waals surface area contributed by atoms with Gasteiger partial charge in [-0.3, -0.25) is 0 Å². The van der Waals surface area contributed by atoms with E-state index in [0.717, 1.165) is 4.46 Å². The summed E-state index contributed by atoms with van der Waals surface area (Å²) < 4.78 is 6.13. The molecule has 4 heteroatoms. The van der Waals surface area contributed by atoms with Gasteiger partial charge in [0.15, 0.2) is 0 Å². The molecule has 0 atom stereocenters. The van der Waals surface area contributed by atoms with Crippen LogP contribution in [0, 0.1) is 11.3 Å². The predicted molar refractivity (Wildman–Crippen MR) is 42.4 cm³/mol. The van der Waals surface area contributed by atoms with E-state index in [1.54, 1.807) is 12.1 Å². The maximum absolute atomic E-state index is 9.15. The summed E-state index contributed by atoms with van der Waals surface area (Å²) in [5, 5.41) is 17.7. The first-order valence-electron chi connectivity index (χ1n) is 2.88. The summed E-state index contributed by atoms with van der Waals surface area (Å²) in [7, 11) is 0. The summed E-state index contributed by atoms with van der Waals surface area (Å²) >= 11 is -0.232. The van der Waals surface area contributed by atoms with Gasteiger partial charge in [0.05, 0.1) is 0 Å². The third kappa shape index (κ3) is 1.52. The van der Waals surface area contributed by atoms with Crippen LogP contribution in [0.25, 0.3) is 0 Å². The molecular weight excluding hydrogens is 207 g/mol. The minimum atomic E-state index is -0.232. The quantitative estimate of drug-likeness (QED) is 0.616. The first-order chi connectivity index (χ1) is 5.29. The summed E-state index contributed by atoms with van der Waals surface area (Å²) in [4.78, 5) is 0. The van der Waals surface area contributed by atoms with Crippen LogP contribution in [0.2, 0.25) is 0 Å². The average molecular weight is 213 g/mol. The average Bonchev–Trinajstić information content (AvgIpc) is 2.04. The number of nitrogens with zero attached hydrogens (tertiary/aromatic N) is 1. The normalized spacial score (nSPS) is 9.09. The van der Waals surface area contributed by atoms with Crippen molar-refractivity contribution in [2.24, 2.45) is 4.75 Å². The zero-order chi connectivity index (χ0) is 8.27. The van der Waals surface area contributed by atoms with E-state index in [1.807, 2.05) is 6.07 Å². The minimum absolute atomic E-state index is 0.0114. The molecule has 0 bridgehead atoms. The van der Waals surface area contributed by atoms with E-state index in [9.17, 15) is 0 Å².